The van der Waals surface area contributed by atoms with Gasteiger partial charge in [-0.2, -0.15) is 5.10 Å². The van der Waals surface area contributed by atoms with Gasteiger partial charge in [0.2, 0.25) is 0 Å². The van der Waals surface area contributed by atoms with Gasteiger partial charge in [0.15, 0.2) is 5.65 Å². The van der Waals surface area contributed by atoms with E-state index < -0.39 is 0 Å². The Balaban J connectivity index is 2.12. The van der Waals surface area contributed by atoms with Crippen LogP contribution in [0.2, 0.25) is 0 Å². The highest BCUT2D eigenvalue weighted by molar-refractivity contribution is 6.30. The summed E-state index contributed by atoms with van der Waals surface area (Å²) in [6.07, 6.45) is 1.93. The van der Waals surface area contributed by atoms with Crippen LogP contribution in [0.3, 0.4) is 0 Å². The molecule has 0 radical (unpaired) electrons. The van der Waals surface area contributed by atoms with Crippen LogP contribution >= 0.6 is 0 Å². The zero-order valence-electron chi connectivity index (χ0n) is 9.30. The minimum atomic E-state index is 0.228. The number of hydrogen-bond donors (Lipinski definition) is 0. The number of rotatable bonds is 1. The average Bonchev–Trinajstić information content (AvgIpc) is 2.84. The molecule has 0 amide bonds. The van der Waals surface area contributed by atoms with E-state index in [1.807, 2.05) is 24.6 Å². The molecule has 5 nitrogen and oxygen atoms in total. The fraction of sp³-hybridized carbons (Fsp3) is 0.400. The molecular weight excluding hydrogens is 205 g/mol. The molecule has 1 unspecified atom stereocenters. The lowest BCUT2D eigenvalue weighted by Gasteiger charge is -2.06. The minimum absolute atomic E-state index is 0.228. The molecule has 1 aliphatic rings. The van der Waals surface area contributed by atoms with Crippen molar-refractivity contribution in [1.82, 2.24) is 14.6 Å². The van der Waals surface area contributed by atoms with Crippen molar-refractivity contribution >= 4 is 13.1 Å². The normalized spacial score (nSPS) is 20.2. The van der Waals surface area contributed by atoms with Crippen LogP contribution < -0.4 is 0 Å². The Labute approximate surface area is 93.6 Å². The van der Waals surface area contributed by atoms with Gasteiger partial charge in [0.25, 0.3) is 0 Å². The van der Waals surface area contributed by atoms with Gasteiger partial charge >= 0.3 is 7.48 Å². The van der Waals surface area contributed by atoms with Crippen LogP contribution in [-0.2, 0) is 9.69 Å². The van der Waals surface area contributed by atoms with Crippen molar-refractivity contribution in [1.29, 1.82) is 0 Å². The van der Waals surface area contributed by atoms with Crippen LogP contribution in [0.25, 0.3) is 5.65 Å². The van der Waals surface area contributed by atoms with Crippen molar-refractivity contribution in [3.8, 4) is 0 Å². The van der Waals surface area contributed by atoms with Crippen LogP contribution in [0.4, 0.5) is 0 Å². The maximum atomic E-state index is 4.90. The van der Waals surface area contributed by atoms with Gasteiger partial charge in [-0.15, -0.1) is 0 Å². The molecule has 0 aliphatic carbocycles. The number of imidazole rings is 1. The number of aryl methyl sites for hydroxylation is 2. The standard InChI is InChI=1S/C10H12BN3O2/c1-6-3-9(8-5-15-16-11-8)13-14-4-7(2)12-10(6)14/h3-4,8,11H,5H2,1-2H3. The van der Waals surface area contributed by atoms with Gasteiger partial charge in [0.1, 0.15) is 0 Å². The van der Waals surface area contributed by atoms with Crippen molar-refractivity contribution in [2.75, 3.05) is 6.61 Å². The van der Waals surface area contributed by atoms with Gasteiger partial charge in [-0.3, -0.25) is 4.89 Å². The van der Waals surface area contributed by atoms with Crippen molar-refractivity contribution in [3.63, 3.8) is 0 Å². The molecule has 2 aromatic heterocycles. The average molecular weight is 217 g/mol. The first-order valence-electron chi connectivity index (χ1n) is 5.32. The molecule has 1 aliphatic heterocycles. The van der Waals surface area contributed by atoms with Gasteiger partial charge in [-0.1, -0.05) is 0 Å². The summed E-state index contributed by atoms with van der Waals surface area (Å²) in [7, 11) is 0.575. The lowest BCUT2D eigenvalue weighted by molar-refractivity contribution is -0.183. The van der Waals surface area contributed by atoms with Crippen molar-refractivity contribution in [3.05, 3.63) is 29.2 Å². The highest BCUT2D eigenvalue weighted by atomic mass is 17.2. The molecule has 0 aromatic carbocycles. The molecule has 6 heteroatoms. The maximum absolute atomic E-state index is 4.90. The maximum Gasteiger partial charge on any atom is 0.334 e. The summed E-state index contributed by atoms with van der Waals surface area (Å²) in [5, 5.41) is 4.53. The summed E-state index contributed by atoms with van der Waals surface area (Å²) >= 11 is 0. The second kappa shape index (κ2) is 3.57. The number of fused-ring (bicyclic) bond motifs is 1. The van der Waals surface area contributed by atoms with Gasteiger partial charge in [-0.05, 0) is 25.5 Å². The van der Waals surface area contributed by atoms with Crippen LogP contribution in [0.1, 0.15) is 22.8 Å². The molecule has 1 fully saturated rings. The minimum Gasteiger partial charge on any atom is -0.309 e. The first-order valence-corrected chi connectivity index (χ1v) is 5.32. The van der Waals surface area contributed by atoms with Gasteiger partial charge in [0.05, 0.1) is 24.2 Å². The van der Waals surface area contributed by atoms with E-state index in [2.05, 4.69) is 16.1 Å². The number of aromatic nitrogens is 3. The Morgan fingerprint density at radius 1 is 1.50 bits per heavy atom. The van der Waals surface area contributed by atoms with Crippen LogP contribution in [0.15, 0.2) is 12.3 Å². The van der Waals surface area contributed by atoms with E-state index >= 15 is 0 Å². The Hall–Kier alpha value is -1.40. The van der Waals surface area contributed by atoms with E-state index in [1.165, 1.54) is 0 Å². The van der Waals surface area contributed by atoms with Gasteiger partial charge in [-0.25, -0.2) is 9.50 Å². The zero-order valence-corrected chi connectivity index (χ0v) is 9.30. The molecule has 1 atom stereocenters. The third kappa shape index (κ3) is 1.50. The largest absolute Gasteiger partial charge is 0.334 e. The second-order valence-corrected chi connectivity index (χ2v) is 4.17. The first-order chi connectivity index (χ1) is 7.74. The summed E-state index contributed by atoms with van der Waals surface area (Å²) in [6.45, 7) is 4.59. The van der Waals surface area contributed by atoms with Gasteiger partial charge in [0, 0.05) is 5.82 Å². The third-order valence-electron chi connectivity index (χ3n) is 2.79. The predicted molar refractivity (Wildman–Crippen MR) is 59.4 cm³/mol. The summed E-state index contributed by atoms with van der Waals surface area (Å²) in [4.78, 5) is 14.2. The first kappa shape index (κ1) is 9.80. The highest BCUT2D eigenvalue weighted by Gasteiger charge is 2.24. The van der Waals surface area contributed by atoms with Crippen molar-refractivity contribution in [2.24, 2.45) is 0 Å². The van der Waals surface area contributed by atoms with Crippen LogP contribution in [0, 0.1) is 13.8 Å². The van der Waals surface area contributed by atoms with E-state index in [1.54, 1.807) is 0 Å². The topological polar surface area (TPSA) is 48.7 Å². The molecular formula is C10H12BN3O2. The zero-order chi connectivity index (χ0) is 11.1. The molecule has 16 heavy (non-hydrogen) atoms. The molecule has 2 aromatic rings. The Kier molecular flexibility index (Phi) is 2.19. The molecule has 3 heterocycles. The Bertz CT molecular complexity index is 534. The summed E-state index contributed by atoms with van der Waals surface area (Å²) < 4.78 is 1.83. The Morgan fingerprint density at radius 3 is 3.12 bits per heavy atom. The van der Waals surface area contributed by atoms with E-state index in [4.69, 9.17) is 9.69 Å². The van der Waals surface area contributed by atoms with E-state index in [0.717, 1.165) is 22.6 Å². The third-order valence-corrected chi connectivity index (χ3v) is 2.79. The molecule has 82 valence electrons. The van der Waals surface area contributed by atoms with E-state index in [9.17, 15) is 0 Å². The predicted octanol–water partition coefficient (Wildman–Crippen LogP) is 0.701. The quantitative estimate of drug-likeness (QED) is 0.521. The smallest absolute Gasteiger partial charge is 0.309 e. The van der Waals surface area contributed by atoms with Gasteiger partial charge < -0.3 is 4.81 Å². The van der Waals surface area contributed by atoms with E-state index in [0.29, 0.717) is 14.1 Å². The monoisotopic (exact) mass is 217 g/mol. The van der Waals surface area contributed by atoms with Crippen molar-refractivity contribution < 1.29 is 9.69 Å². The summed E-state index contributed by atoms with van der Waals surface area (Å²) in [6, 6.07) is 2.06. The Morgan fingerprint density at radius 2 is 2.38 bits per heavy atom. The SMILES string of the molecule is Cc1cn2nc(C3BOOC3)cc(C)c2n1. The van der Waals surface area contributed by atoms with E-state index in [-0.39, 0.29) is 5.82 Å². The molecule has 0 saturated carbocycles. The molecule has 0 bridgehead atoms. The van der Waals surface area contributed by atoms with Crippen LogP contribution in [0.5, 0.6) is 0 Å². The molecule has 0 N–H and O–H groups in total. The molecule has 0 spiro atoms. The lowest BCUT2D eigenvalue weighted by atomic mass is 9.79. The summed E-state index contributed by atoms with van der Waals surface area (Å²) in [5.41, 5.74) is 4.03. The molecule has 3 rings (SSSR count). The molecule has 1 saturated heterocycles. The fourth-order valence-electron chi connectivity index (χ4n) is 1.95. The number of hydrogen-bond acceptors (Lipinski definition) is 4. The summed E-state index contributed by atoms with van der Waals surface area (Å²) in [5.74, 6) is 0.228. The van der Waals surface area contributed by atoms with Crippen LogP contribution in [-0.4, -0.2) is 28.7 Å². The fourth-order valence-corrected chi connectivity index (χ4v) is 1.95. The van der Waals surface area contributed by atoms with Crippen molar-refractivity contribution in [2.45, 2.75) is 19.7 Å². The number of nitrogens with zero attached hydrogens (tertiary/aromatic N) is 3. The second-order valence-electron chi connectivity index (χ2n) is 4.17. The highest BCUT2D eigenvalue weighted by Crippen LogP contribution is 2.20. The lowest BCUT2D eigenvalue weighted by Crippen LogP contribution is -2.10.